The van der Waals surface area contributed by atoms with Gasteiger partial charge in [0.15, 0.2) is 0 Å². The van der Waals surface area contributed by atoms with Crippen LogP contribution < -0.4 is 16.0 Å². The molecule has 0 spiro atoms. The molecule has 0 fully saturated rings. The molecule has 2 aliphatic heterocycles. The number of H-pyrrole nitrogens is 1. The summed E-state index contributed by atoms with van der Waals surface area (Å²) in [5.74, 6) is 0.902. The second kappa shape index (κ2) is 7.85. The zero-order chi connectivity index (χ0) is 20.7. The molecule has 2 aliphatic rings. The molecular formula is C24H25FN4S. The van der Waals surface area contributed by atoms with E-state index < -0.39 is 0 Å². The topological polar surface area (TPSA) is 51.9 Å². The summed E-state index contributed by atoms with van der Waals surface area (Å²) in [6.07, 6.45) is 3.13. The lowest BCUT2D eigenvalue weighted by Gasteiger charge is -2.26. The third-order valence-corrected chi connectivity index (χ3v) is 7.09. The first-order chi connectivity index (χ1) is 14.6. The molecule has 4 N–H and O–H groups in total. The van der Waals surface area contributed by atoms with E-state index in [1.165, 1.54) is 27.0 Å². The van der Waals surface area contributed by atoms with Crippen LogP contribution in [0.2, 0.25) is 0 Å². The predicted molar refractivity (Wildman–Crippen MR) is 123 cm³/mol. The van der Waals surface area contributed by atoms with Crippen molar-refractivity contribution >= 4 is 27.6 Å². The Balaban J connectivity index is 1.33. The van der Waals surface area contributed by atoms with Crippen LogP contribution in [0.25, 0.3) is 15.8 Å². The number of hydrogen-bond donors (Lipinski definition) is 4. The zero-order valence-electron chi connectivity index (χ0n) is 17.1. The minimum Gasteiger partial charge on any atom is -0.371 e. The van der Waals surface area contributed by atoms with Crippen molar-refractivity contribution < 1.29 is 4.39 Å². The van der Waals surface area contributed by atoms with Gasteiger partial charge in [0.25, 0.3) is 0 Å². The summed E-state index contributed by atoms with van der Waals surface area (Å²) in [6, 6.07) is 14.1. The fourth-order valence-corrected chi connectivity index (χ4v) is 5.53. The first kappa shape index (κ1) is 19.3. The van der Waals surface area contributed by atoms with E-state index >= 15 is 0 Å². The number of aryl methyl sites for hydroxylation is 2. The van der Waals surface area contributed by atoms with Crippen molar-refractivity contribution in [2.24, 2.45) is 0 Å². The number of rotatable bonds is 5. The summed E-state index contributed by atoms with van der Waals surface area (Å²) < 4.78 is 14.2. The minimum absolute atomic E-state index is 0.187. The standard InChI is InChI=1S/C24H25FN4S/c1-14-8-9-18(25)22-21(14)17(15(2)29-22)10-11-26-24-23-19(27-13-28-24)12-20(30-23)16-6-4-3-5-7-16/h3-9,12,19,26-29H,10-11,13H2,1-2H3. The van der Waals surface area contributed by atoms with Gasteiger partial charge in [0.1, 0.15) is 11.6 Å². The van der Waals surface area contributed by atoms with E-state index in [9.17, 15) is 4.39 Å². The van der Waals surface area contributed by atoms with Crippen LogP contribution in [0.15, 0.2) is 59.3 Å². The number of hydrogen-bond acceptors (Lipinski definition) is 4. The van der Waals surface area contributed by atoms with Gasteiger partial charge >= 0.3 is 0 Å². The smallest absolute Gasteiger partial charge is 0.147 e. The lowest BCUT2D eigenvalue weighted by molar-refractivity contribution is 0.542. The molecule has 0 bridgehead atoms. The van der Waals surface area contributed by atoms with Gasteiger partial charge in [0, 0.05) is 22.5 Å². The van der Waals surface area contributed by atoms with Gasteiger partial charge in [-0.1, -0.05) is 48.2 Å². The number of benzene rings is 2. The highest BCUT2D eigenvalue weighted by atomic mass is 32.2. The van der Waals surface area contributed by atoms with Crippen LogP contribution in [-0.4, -0.2) is 24.2 Å². The maximum absolute atomic E-state index is 14.2. The molecule has 3 heterocycles. The Morgan fingerprint density at radius 1 is 1.13 bits per heavy atom. The van der Waals surface area contributed by atoms with Gasteiger partial charge in [0.05, 0.1) is 23.1 Å². The Bertz CT molecular complexity index is 1160. The summed E-state index contributed by atoms with van der Waals surface area (Å²) in [4.78, 5) is 5.79. The molecule has 4 nitrogen and oxygen atoms in total. The molecule has 5 rings (SSSR count). The van der Waals surface area contributed by atoms with Crippen molar-refractivity contribution in [3.63, 3.8) is 0 Å². The predicted octanol–water partition coefficient (Wildman–Crippen LogP) is 4.53. The number of nitrogens with one attached hydrogen (secondary N) is 4. The van der Waals surface area contributed by atoms with Crippen LogP contribution in [0.5, 0.6) is 0 Å². The van der Waals surface area contributed by atoms with E-state index in [-0.39, 0.29) is 11.9 Å². The molecular weight excluding hydrogens is 395 g/mol. The molecule has 1 unspecified atom stereocenters. The maximum atomic E-state index is 14.2. The highest BCUT2D eigenvalue weighted by Crippen LogP contribution is 2.43. The van der Waals surface area contributed by atoms with Crippen molar-refractivity contribution in [2.45, 2.75) is 26.3 Å². The molecule has 6 heteroatoms. The van der Waals surface area contributed by atoms with Gasteiger partial charge < -0.3 is 15.6 Å². The molecule has 3 aromatic rings. The molecule has 0 amide bonds. The zero-order valence-corrected chi connectivity index (χ0v) is 17.9. The Morgan fingerprint density at radius 2 is 1.97 bits per heavy atom. The Labute approximate surface area is 180 Å². The fourth-order valence-electron chi connectivity index (χ4n) is 4.31. The second-order valence-corrected chi connectivity index (χ2v) is 8.88. The molecule has 1 aromatic heterocycles. The lowest BCUT2D eigenvalue weighted by atomic mass is 10.0. The Hall–Kier alpha value is -2.70. The summed E-state index contributed by atoms with van der Waals surface area (Å²) in [6.45, 7) is 5.58. The highest BCUT2D eigenvalue weighted by molar-refractivity contribution is 8.12. The molecule has 154 valence electrons. The molecule has 0 aliphatic carbocycles. The van der Waals surface area contributed by atoms with Crippen LogP contribution in [0.3, 0.4) is 0 Å². The SMILES string of the molecule is Cc1[nH]c2c(F)ccc(C)c2c1CCNC1=C2SC(c3ccccc3)=CC2NCN1. The van der Waals surface area contributed by atoms with Crippen molar-refractivity contribution in [1.29, 1.82) is 0 Å². The Kier molecular flexibility index (Phi) is 5.05. The summed E-state index contributed by atoms with van der Waals surface area (Å²) in [5, 5.41) is 11.6. The molecule has 0 saturated heterocycles. The monoisotopic (exact) mass is 420 g/mol. The third-order valence-electron chi connectivity index (χ3n) is 5.82. The van der Waals surface area contributed by atoms with Gasteiger partial charge in [-0.15, -0.1) is 0 Å². The molecule has 1 atom stereocenters. The van der Waals surface area contributed by atoms with E-state index in [0.717, 1.165) is 42.1 Å². The van der Waals surface area contributed by atoms with Crippen molar-refractivity contribution in [1.82, 2.24) is 20.9 Å². The number of fused-ring (bicyclic) bond motifs is 2. The number of halogens is 1. The largest absolute Gasteiger partial charge is 0.371 e. The molecule has 0 saturated carbocycles. The summed E-state index contributed by atoms with van der Waals surface area (Å²) in [7, 11) is 0. The normalized spacial score (nSPS) is 18.4. The van der Waals surface area contributed by atoms with E-state index in [1.54, 1.807) is 0 Å². The number of aromatic amines is 1. The molecule has 0 radical (unpaired) electrons. The fraction of sp³-hybridized carbons (Fsp3) is 0.250. The Morgan fingerprint density at radius 3 is 2.80 bits per heavy atom. The first-order valence-corrected chi connectivity index (χ1v) is 11.1. The van der Waals surface area contributed by atoms with E-state index in [0.29, 0.717) is 5.52 Å². The van der Waals surface area contributed by atoms with E-state index in [1.807, 2.05) is 37.7 Å². The van der Waals surface area contributed by atoms with Gasteiger partial charge in [-0.2, -0.15) is 0 Å². The average molecular weight is 421 g/mol. The molecule has 2 aromatic carbocycles. The second-order valence-electron chi connectivity index (χ2n) is 7.79. The summed E-state index contributed by atoms with van der Waals surface area (Å²) in [5.41, 5.74) is 5.20. The minimum atomic E-state index is -0.187. The maximum Gasteiger partial charge on any atom is 0.147 e. The first-order valence-electron chi connectivity index (χ1n) is 10.3. The quantitative estimate of drug-likeness (QED) is 0.490. The summed E-state index contributed by atoms with van der Waals surface area (Å²) >= 11 is 1.81. The van der Waals surface area contributed by atoms with Crippen LogP contribution in [0.4, 0.5) is 4.39 Å². The average Bonchev–Trinajstić information content (AvgIpc) is 3.34. The van der Waals surface area contributed by atoms with Crippen molar-refractivity contribution in [3.8, 4) is 0 Å². The number of thioether (sulfide) groups is 1. The van der Waals surface area contributed by atoms with Crippen molar-refractivity contribution in [3.05, 3.63) is 87.5 Å². The van der Waals surface area contributed by atoms with Crippen LogP contribution in [-0.2, 0) is 6.42 Å². The van der Waals surface area contributed by atoms with E-state index in [2.05, 4.69) is 51.3 Å². The van der Waals surface area contributed by atoms with Gasteiger partial charge in [0.2, 0.25) is 0 Å². The third kappa shape index (κ3) is 3.40. The van der Waals surface area contributed by atoms with E-state index in [4.69, 9.17) is 0 Å². The molecule has 30 heavy (non-hydrogen) atoms. The lowest BCUT2D eigenvalue weighted by Crippen LogP contribution is -2.45. The van der Waals surface area contributed by atoms with Gasteiger partial charge in [-0.3, -0.25) is 5.32 Å². The van der Waals surface area contributed by atoms with Crippen LogP contribution >= 0.6 is 11.8 Å². The van der Waals surface area contributed by atoms with Crippen molar-refractivity contribution in [2.75, 3.05) is 13.2 Å². The number of aromatic nitrogens is 1. The van der Waals surface area contributed by atoms with Crippen LogP contribution in [0.1, 0.15) is 22.4 Å². The highest BCUT2D eigenvalue weighted by Gasteiger charge is 2.29. The van der Waals surface area contributed by atoms with Gasteiger partial charge in [-0.25, -0.2) is 4.39 Å². The van der Waals surface area contributed by atoms with Gasteiger partial charge in [-0.05, 0) is 49.1 Å². The van der Waals surface area contributed by atoms with Crippen LogP contribution in [0, 0.1) is 19.7 Å².